The van der Waals surface area contributed by atoms with Crippen molar-refractivity contribution in [3.8, 4) is 11.5 Å². The topological polar surface area (TPSA) is 31.8 Å². The molecule has 5 nitrogen and oxygen atoms in total. The van der Waals surface area contributed by atoms with Gasteiger partial charge < -0.3 is 9.64 Å². The van der Waals surface area contributed by atoms with Crippen molar-refractivity contribution in [1.82, 2.24) is 19.7 Å². The molecule has 2 aromatic rings. The summed E-state index contributed by atoms with van der Waals surface area (Å²) < 4.78 is 6.07. The van der Waals surface area contributed by atoms with Crippen LogP contribution in [0.3, 0.4) is 0 Å². The van der Waals surface area contributed by atoms with Crippen molar-refractivity contribution in [2.24, 2.45) is 0 Å². The Balaban J connectivity index is 1.34. The fraction of sp³-hybridized carbons (Fsp3) is 0.500. The number of benzene rings is 1. The lowest BCUT2D eigenvalue weighted by molar-refractivity contribution is 0.0566. The monoisotopic (exact) mass is 366 g/mol. The van der Waals surface area contributed by atoms with E-state index in [1.54, 1.807) is 12.4 Å². The van der Waals surface area contributed by atoms with Crippen LogP contribution >= 0.6 is 0 Å². The average molecular weight is 367 g/mol. The number of likely N-dealkylation sites (N-methyl/N-ethyl adjacent to an activating group) is 1. The summed E-state index contributed by atoms with van der Waals surface area (Å²) in [4.78, 5) is 11.9. The van der Waals surface area contributed by atoms with Gasteiger partial charge in [0.05, 0.1) is 6.20 Å². The van der Waals surface area contributed by atoms with Crippen LogP contribution in [-0.4, -0.2) is 72.0 Å². The van der Waals surface area contributed by atoms with Crippen molar-refractivity contribution < 1.29 is 4.74 Å². The highest BCUT2D eigenvalue weighted by Crippen LogP contribution is 2.26. The minimum absolute atomic E-state index is 0.743. The zero-order chi connectivity index (χ0) is 18.5. The molecule has 144 valence electrons. The van der Waals surface area contributed by atoms with E-state index in [1.807, 2.05) is 18.2 Å². The molecule has 2 aliphatic rings. The molecular formula is C22H30N4O. The van der Waals surface area contributed by atoms with Gasteiger partial charge in [-0.25, -0.2) is 0 Å². The Bertz CT molecular complexity index is 715. The molecule has 0 aliphatic carbocycles. The third-order valence-electron chi connectivity index (χ3n) is 5.75. The molecule has 27 heavy (non-hydrogen) atoms. The highest BCUT2D eigenvalue weighted by atomic mass is 16.5. The molecular weight excluding hydrogens is 336 g/mol. The summed E-state index contributed by atoms with van der Waals surface area (Å²) in [5.74, 6) is 1.72. The molecule has 1 unspecified atom stereocenters. The second-order valence-electron chi connectivity index (χ2n) is 7.77. The van der Waals surface area contributed by atoms with E-state index in [0.29, 0.717) is 0 Å². The predicted octanol–water partition coefficient (Wildman–Crippen LogP) is 3.09. The van der Waals surface area contributed by atoms with E-state index in [0.717, 1.165) is 37.2 Å². The maximum absolute atomic E-state index is 6.07. The van der Waals surface area contributed by atoms with Crippen molar-refractivity contribution in [1.29, 1.82) is 0 Å². The number of hydrogen-bond acceptors (Lipinski definition) is 5. The number of hydrogen-bond donors (Lipinski definition) is 0. The van der Waals surface area contributed by atoms with Crippen LogP contribution in [0.4, 0.5) is 0 Å². The highest BCUT2D eigenvalue weighted by molar-refractivity contribution is 5.37. The highest BCUT2D eigenvalue weighted by Gasteiger charge is 2.27. The average Bonchev–Trinajstić information content (AvgIpc) is 2.71. The van der Waals surface area contributed by atoms with Crippen LogP contribution < -0.4 is 4.74 Å². The molecule has 1 aromatic heterocycles. The molecule has 2 aliphatic heterocycles. The lowest BCUT2D eigenvalue weighted by Crippen LogP contribution is -2.54. The number of likely N-dealkylation sites (tertiary alicyclic amines) is 1. The maximum Gasteiger partial charge on any atom is 0.145 e. The number of para-hydroxylation sites is 1. The van der Waals surface area contributed by atoms with Crippen molar-refractivity contribution in [2.45, 2.75) is 25.4 Å². The number of ether oxygens (including phenoxy) is 1. The number of pyridine rings is 1. The summed E-state index contributed by atoms with van der Waals surface area (Å²) in [7, 11) is 2.25. The molecule has 0 saturated carbocycles. The lowest BCUT2D eigenvalue weighted by Gasteiger charge is -2.42. The van der Waals surface area contributed by atoms with Crippen molar-refractivity contribution in [3.63, 3.8) is 0 Å². The molecule has 2 saturated heterocycles. The van der Waals surface area contributed by atoms with Crippen LogP contribution in [0.1, 0.15) is 18.4 Å². The van der Waals surface area contributed by atoms with Gasteiger partial charge in [0.15, 0.2) is 0 Å². The van der Waals surface area contributed by atoms with E-state index >= 15 is 0 Å². The molecule has 5 heteroatoms. The smallest absolute Gasteiger partial charge is 0.145 e. The van der Waals surface area contributed by atoms with Gasteiger partial charge in [-0.1, -0.05) is 18.2 Å². The summed E-state index contributed by atoms with van der Waals surface area (Å²) in [5, 5.41) is 0. The first-order chi connectivity index (χ1) is 13.3. The fourth-order valence-electron chi connectivity index (χ4n) is 4.23. The summed E-state index contributed by atoms with van der Waals surface area (Å²) in [5.41, 5.74) is 1.24. The number of piperazine rings is 1. The molecule has 3 heterocycles. The molecule has 1 aromatic carbocycles. The first-order valence-electron chi connectivity index (χ1n) is 10.1. The Morgan fingerprint density at radius 3 is 2.67 bits per heavy atom. The zero-order valence-corrected chi connectivity index (χ0v) is 16.3. The van der Waals surface area contributed by atoms with Crippen LogP contribution in [0.25, 0.3) is 0 Å². The number of aromatic nitrogens is 1. The standard InChI is InChI=1S/C22H30N4O/c1-24-11-5-7-20(18-24)26-14-12-25(13-15-26)17-19-6-2-3-9-22(19)27-21-8-4-10-23-16-21/h2-4,6,8-10,16,20H,5,7,11-15,17-18H2,1H3. The van der Waals surface area contributed by atoms with Crippen LogP contribution in [-0.2, 0) is 6.54 Å². The Morgan fingerprint density at radius 2 is 1.89 bits per heavy atom. The van der Waals surface area contributed by atoms with E-state index in [2.05, 4.69) is 44.9 Å². The van der Waals surface area contributed by atoms with Crippen LogP contribution in [0.2, 0.25) is 0 Å². The van der Waals surface area contributed by atoms with Gasteiger partial charge in [-0.05, 0) is 44.6 Å². The molecule has 0 N–H and O–H groups in total. The predicted molar refractivity (Wildman–Crippen MR) is 108 cm³/mol. The van der Waals surface area contributed by atoms with Crippen LogP contribution in [0.5, 0.6) is 11.5 Å². The minimum atomic E-state index is 0.743. The molecule has 2 fully saturated rings. The molecule has 0 bridgehead atoms. The van der Waals surface area contributed by atoms with Gasteiger partial charge >= 0.3 is 0 Å². The first kappa shape index (κ1) is 18.4. The van der Waals surface area contributed by atoms with E-state index in [-0.39, 0.29) is 0 Å². The van der Waals surface area contributed by atoms with Gasteiger partial charge in [0.25, 0.3) is 0 Å². The summed E-state index contributed by atoms with van der Waals surface area (Å²) >= 11 is 0. The van der Waals surface area contributed by atoms with E-state index in [4.69, 9.17) is 4.74 Å². The Kier molecular flexibility index (Phi) is 6.02. The third-order valence-corrected chi connectivity index (χ3v) is 5.75. The molecule has 1 atom stereocenters. The Hall–Kier alpha value is -1.95. The van der Waals surface area contributed by atoms with Gasteiger partial charge in [0, 0.05) is 57.1 Å². The molecule has 0 amide bonds. The second-order valence-corrected chi connectivity index (χ2v) is 7.77. The van der Waals surface area contributed by atoms with Crippen LogP contribution in [0.15, 0.2) is 48.8 Å². The van der Waals surface area contributed by atoms with E-state index < -0.39 is 0 Å². The maximum atomic E-state index is 6.07. The Labute approximate surface area is 162 Å². The Morgan fingerprint density at radius 1 is 1.04 bits per heavy atom. The van der Waals surface area contributed by atoms with Gasteiger partial charge in [-0.2, -0.15) is 0 Å². The van der Waals surface area contributed by atoms with Crippen LogP contribution in [0, 0.1) is 0 Å². The number of rotatable bonds is 5. The number of piperidine rings is 1. The van der Waals surface area contributed by atoms with Gasteiger partial charge in [-0.3, -0.25) is 14.8 Å². The van der Waals surface area contributed by atoms with Gasteiger partial charge in [0.2, 0.25) is 0 Å². The summed E-state index contributed by atoms with van der Waals surface area (Å²) in [6.07, 6.45) is 6.21. The zero-order valence-electron chi connectivity index (χ0n) is 16.3. The molecule has 4 rings (SSSR count). The third kappa shape index (κ3) is 4.86. The van der Waals surface area contributed by atoms with Crippen molar-refractivity contribution in [3.05, 3.63) is 54.4 Å². The first-order valence-corrected chi connectivity index (χ1v) is 10.1. The minimum Gasteiger partial charge on any atom is -0.455 e. The summed E-state index contributed by atoms with van der Waals surface area (Å²) in [6.45, 7) is 8.01. The largest absolute Gasteiger partial charge is 0.455 e. The van der Waals surface area contributed by atoms with Gasteiger partial charge in [0.1, 0.15) is 11.5 Å². The van der Waals surface area contributed by atoms with Crippen molar-refractivity contribution in [2.75, 3.05) is 46.3 Å². The fourth-order valence-corrected chi connectivity index (χ4v) is 4.23. The number of nitrogens with zero attached hydrogens (tertiary/aromatic N) is 4. The quantitative estimate of drug-likeness (QED) is 0.812. The molecule has 0 spiro atoms. The van der Waals surface area contributed by atoms with Crippen molar-refractivity contribution >= 4 is 0 Å². The summed E-state index contributed by atoms with van der Waals surface area (Å²) in [6, 6.07) is 13.0. The SMILES string of the molecule is CN1CCCC(N2CCN(Cc3ccccc3Oc3cccnc3)CC2)C1. The van der Waals surface area contributed by atoms with E-state index in [1.165, 1.54) is 44.6 Å². The second kappa shape index (κ2) is 8.83. The van der Waals surface area contributed by atoms with E-state index in [9.17, 15) is 0 Å². The van der Waals surface area contributed by atoms with Gasteiger partial charge in [-0.15, -0.1) is 0 Å². The lowest BCUT2D eigenvalue weighted by atomic mass is 10.0. The normalized spacial score (nSPS) is 22.6. The molecule has 0 radical (unpaired) electrons.